The summed E-state index contributed by atoms with van der Waals surface area (Å²) in [7, 11) is 1.62. The van der Waals surface area contributed by atoms with Crippen molar-refractivity contribution in [2.24, 2.45) is 28.7 Å². The van der Waals surface area contributed by atoms with E-state index in [1.807, 2.05) is 0 Å². The molecule has 0 aromatic heterocycles. The third-order valence-corrected chi connectivity index (χ3v) is 15.0. The highest BCUT2D eigenvalue weighted by Crippen LogP contribution is 2.13. The Bertz CT molecular complexity index is 2130. The molecule has 0 unspecified atom stereocenters. The van der Waals surface area contributed by atoms with Crippen LogP contribution in [0.5, 0.6) is 0 Å². The van der Waals surface area contributed by atoms with Crippen LogP contribution in [0.2, 0.25) is 0 Å². The Kier molecular flexibility index (Phi) is 40.9. The molecule has 13 atom stereocenters. The Morgan fingerprint density at radius 2 is 0.885 bits per heavy atom. The van der Waals surface area contributed by atoms with Gasteiger partial charge in [0.05, 0.1) is 18.2 Å². The number of aliphatic hydroxyl groups is 2. The van der Waals surface area contributed by atoms with Crippen molar-refractivity contribution in [3.8, 4) is 0 Å². The summed E-state index contributed by atoms with van der Waals surface area (Å²) in [5, 5.41) is 52.8. The van der Waals surface area contributed by atoms with E-state index < -0.39 is 157 Å². The fourth-order valence-electron chi connectivity index (χ4n) is 9.67. The molecule has 30 heteroatoms. The molecule has 500 valence electrons. The van der Waals surface area contributed by atoms with E-state index in [1.54, 1.807) is 14.0 Å². The second kappa shape index (κ2) is 45.2. The number of hydrogen-bond donors (Lipinski definition) is 19. The second-order valence-electron chi connectivity index (χ2n) is 22.3. The van der Waals surface area contributed by atoms with E-state index in [1.165, 1.54) is 13.8 Å². The number of carbonyl (C=O) groups excluding carboxylic acids is 11. The fraction of sp³-hybridized carbons (Fsp3) is 0.807. The minimum Gasteiger partial charge on any atom is -0.391 e. The Hall–Kier alpha value is -6.15. The normalized spacial score (nSPS) is 22.6. The number of amides is 11. The van der Waals surface area contributed by atoms with Crippen LogP contribution in [0.25, 0.3) is 0 Å². The van der Waals surface area contributed by atoms with Crippen molar-refractivity contribution < 1.29 is 63.0 Å². The molecule has 1 aliphatic heterocycles. The number of nitrogens with two attached hydrogens (primary N) is 5. The van der Waals surface area contributed by atoms with E-state index in [2.05, 4.69) is 77.6 Å². The number of unbranched alkanes of at least 4 members (excludes halogenated alkanes) is 10. The number of hydrogen-bond acceptors (Lipinski definition) is 19. The molecule has 0 spiro atoms. The van der Waals surface area contributed by atoms with Crippen LogP contribution < -0.4 is 92.5 Å². The molecule has 87 heavy (non-hydrogen) atoms. The van der Waals surface area contributed by atoms with Gasteiger partial charge in [-0.3, -0.25) is 52.7 Å². The molecule has 1 saturated heterocycles. The van der Waals surface area contributed by atoms with Gasteiger partial charge in [-0.05, 0) is 111 Å². The zero-order chi connectivity index (χ0) is 65.4. The summed E-state index contributed by atoms with van der Waals surface area (Å²) in [5.74, 6) is -9.60. The van der Waals surface area contributed by atoms with Crippen LogP contribution in [0.1, 0.15) is 169 Å². The van der Waals surface area contributed by atoms with Gasteiger partial charge in [0, 0.05) is 6.54 Å². The molecule has 24 N–H and O–H groups in total. The smallest absolute Gasteiger partial charge is 0.245 e. The zero-order valence-electron chi connectivity index (χ0n) is 52.4. The van der Waals surface area contributed by atoms with Crippen LogP contribution in [-0.4, -0.2) is 200 Å². The van der Waals surface area contributed by atoms with E-state index in [0.29, 0.717) is 19.3 Å². The van der Waals surface area contributed by atoms with E-state index in [0.717, 1.165) is 64.2 Å². The number of nitrogens with one attached hydrogen (secondary N) is 12. The highest BCUT2D eigenvalue weighted by molar-refractivity contribution is 5.99. The lowest BCUT2D eigenvalue weighted by Gasteiger charge is -2.29. The summed E-state index contributed by atoms with van der Waals surface area (Å²) in [5.41, 5.74) is 29.4. The van der Waals surface area contributed by atoms with Gasteiger partial charge >= 0.3 is 0 Å². The first-order chi connectivity index (χ1) is 41.5. The Morgan fingerprint density at radius 1 is 0.471 bits per heavy atom. The van der Waals surface area contributed by atoms with Crippen LogP contribution in [0.15, 0.2) is 0 Å². The van der Waals surface area contributed by atoms with E-state index >= 15 is 0 Å². The maximum absolute atomic E-state index is 14.5. The van der Waals surface area contributed by atoms with Crippen molar-refractivity contribution in [1.29, 1.82) is 0 Å². The van der Waals surface area contributed by atoms with Gasteiger partial charge in [-0.15, -0.1) is 0 Å². The molecule has 1 aliphatic rings. The van der Waals surface area contributed by atoms with Gasteiger partial charge in [-0.25, -0.2) is 0 Å². The van der Waals surface area contributed by atoms with Gasteiger partial charge in [0.2, 0.25) is 65.0 Å². The number of aliphatic hydroxyl groups excluding tert-OH is 2. The molecule has 0 bridgehead atoms. The van der Waals surface area contributed by atoms with E-state index in [9.17, 15) is 63.0 Å². The highest BCUT2D eigenvalue weighted by Gasteiger charge is 2.37. The summed E-state index contributed by atoms with van der Waals surface area (Å²) < 4.78 is 0. The molecule has 1 rings (SSSR count). The third-order valence-electron chi connectivity index (χ3n) is 15.0. The van der Waals surface area contributed by atoms with Crippen molar-refractivity contribution in [3.63, 3.8) is 0 Å². The molecule has 30 nitrogen and oxygen atoms in total. The molecule has 0 aromatic carbocycles. The monoisotopic (exact) mass is 1240 g/mol. The highest BCUT2D eigenvalue weighted by atomic mass is 16.3. The molecule has 0 radical (unpaired) electrons. The molecule has 0 saturated carbocycles. The molecule has 1 fully saturated rings. The van der Waals surface area contributed by atoms with Crippen LogP contribution in [0.3, 0.4) is 0 Å². The predicted octanol–water partition coefficient (Wildman–Crippen LogP) is -4.64. The Morgan fingerprint density at radius 3 is 1.34 bits per heavy atom. The molecule has 0 aromatic rings. The van der Waals surface area contributed by atoms with E-state index in [4.69, 9.17) is 28.7 Å². The lowest BCUT2D eigenvalue weighted by Crippen LogP contribution is -2.62. The predicted molar refractivity (Wildman–Crippen MR) is 328 cm³/mol. The van der Waals surface area contributed by atoms with Crippen LogP contribution in [0, 0.1) is 0 Å². The standard InChI is InChI=1S/C57H109N17O13/c1-7-10-12-14-16-18-20-37(63-6)48(78)68-42(25-31-61)55(85)74-46(35(5)76)57(87)72-41(24-30-60)52(82)71-44-27-33-64-56(86)45(34(4)75)73-54(84)43(26-32-62)70-51(81)39(22-28-58)67-47(77)36(9-3)65-49(79)38(21-19-17-15-13-11-8-2)66-50(80)40(23-29-59)69-53(44)83/h34-46,63,75-76H,7-33,58-62H2,1-6H3,(H,64,86)(H,65,79)(H,66,80)(H,67,77)(H,68,78)(H,69,83)(H,70,81)(H,71,82)(H,72,87)(H,73,84)(H,74,85)/t34-,35-,36+,37+,38-,39+,40+,41+,42+,43+,44+,45+,46+/m1/s1. The van der Waals surface area contributed by atoms with Crippen LogP contribution >= 0.6 is 0 Å². The van der Waals surface area contributed by atoms with Crippen molar-refractivity contribution >= 4 is 65.0 Å². The van der Waals surface area contributed by atoms with Gasteiger partial charge in [-0.1, -0.05) is 97.8 Å². The quantitative estimate of drug-likeness (QED) is 0.0262. The minimum atomic E-state index is -1.71. The Balaban J connectivity index is 3.81. The molecule has 0 aliphatic carbocycles. The summed E-state index contributed by atoms with van der Waals surface area (Å²) in [6, 6.07) is -15.2. The number of rotatable bonds is 36. The molecule has 11 amide bonds. The summed E-state index contributed by atoms with van der Waals surface area (Å²) in [6.07, 6.45) is 7.21. The molecular formula is C57H109N17O13. The van der Waals surface area contributed by atoms with Crippen molar-refractivity contribution in [1.82, 2.24) is 63.8 Å². The first kappa shape index (κ1) is 78.9. The number of likely N-dealkylation sites (N-methyl/N-ethyl adjacent to an activating group) is 1. The Labute approximate surface area is 513 Å². The summed E-state index contributed by atoms with van der Waals surface area (Å²) >= 11 is 0. The lowest BCUT2D eigenvalue weighted by atomic mass is 10.0. The first-order valence-electron chi connectivity index (χ1n) is 31.4. The van der Waals surface area contributed by atoms with E-state index in [-0.39, 0.29) is 77.7 Å². The molecular weight excluding hydrogens is 1130 g/mol. The maximum atomic E-state index is 14.5. The second-order valence-corrected chi connectivity index (χ2v) is 22.3. The average Bonchev–Trinajstić information content (AvgIpc) is 3.56. The third kappa shape index (κ3) is 30.1. The van der Waals surface area contributed by atoms with Crippen molar-refractivity contribution in [2.75, 3.05) is 46.3 Å². The topological polar surface area (TPSA) is 503 Å². The van der Waals surface area contributed by atoms with Gasteiger partial charge in [0.15, 0.2) is 0 Å². The first-order valence-corrected chi connectivity index (χ1v) is 31.4. The van der Waals surface area contributed by atoms with Crippen LogP contribution in [0.4, 0.5) is 0 Å². The van der Waals surface area contributed by atoms with Gasteiger partial charge < -0.3 is 103 Å². The summed E-state index contributed by atoms with van der Waals surface area (Å²) in [4.78, 5) is 154. The SMILES string of the molecule is CCCCCCCC[C@H](NC)C(=O)N[C@@H](CCN)C(=O)N[C@H](C(=O)N[C@@H](CCN)C(=O)N[C@H]1CCNC(=O)[C@H]([C@@H](C)O)NC(=O)[C@H](CCN)NC(=O)[C@H](CCN)NC(=O)[C@H](CC)NC(=O)[C@@H](CCCCCCCC)NC(=O)[C@H](CCN)NC1=O)[C@@H](C)O. The minimum absolute atomic E-state index is 0.0213. The van der Waals surface area contributed by atoms with Crippen molar-refractivity contribution in [2.45, 2.75) is 248 Å². The van der Waals surface area contributed by atoms with Crippen LogP contribution in [-0.2, 0) is 52.7 Å². The summed E-state index contributed by atoms with van der Waals surface area (Å²) in [6.45, 7) is 7.09. The average molecular weight is 1240 g/mol. The van der Waals surface area contributed by atoms with Crippen molar-refractivity contribution in [3.05, 3.63) is 0 Å². The lowest BCUT2D eigenvalue weighted by molar-refractivity contribution is -0.137. The molecule has 1 heterocycles. The zero-order valence-corrected chi connectivity index (χ0v) is 52.4. The number of carbonyl (C=O) groups is 11. The fourth-order valence-corrected chi connectivity index (χ4v) is 9.67. The van der Waals surface area contributed by atoms with Gasteiger partial charge in [-0.2, -0.15) is 0 Å². The largest absolute Gasteiger partial charge is 0.391 e. The van der Waals surface area contributed by atoms with Gasteiger partial charge in [0.25, 0.3) is 0 Å². The maximum Gasteiger partial charge on any atom is 0.245 e. The van der Waals surface area contributed by atoms with Gasteiger partial charge in [0.1, 0.15) is 60.4 Å².